The van der Waals surface area contributed by atoms with Crippen molar-refractivity contribution in [3.63, 3.8) is 0 Å². The van der Waals surface area contributed by atoms with E-state index in [1.165, 1.54) is 0 Å². The number of benzene rings is 2. The van der Waals surface area contributed by atoms with Crippen LogP contribution in [0.15, 0.2) is 42.5 Å². The second-order valence-electron chi connectivity index (χ2n) is 5.12. The lowest BCUT2D eigenvalue weighted by Crippen LogP contribution is -2.19. The molecule has 0 aromatic heterocycles. The second kappa shape index (κ2) is 4.93. The lowest BCUT2D eigenvalue weighted by atomic mass is 9.96. The highest BCUT2D eigenvalue weighted by atomic mass is 16.1. The molecule has 0 saturated carbocycles. The van der Waals surface area contributed by atoms with E-state index in [1.54, 1.807) is 6.07 Å². The van der Waals surface area contributed by atoms with Crippen LogP contribution >= 0.6 is 0 Å². The number of ketones is 1. The van der Waals surface area contributed by atoms with Gasteiger partial charge in [-0.05, 0) is 43.2 Å². The van der Waals surface area contributed by atoms with E-state index in [1.807, 2.05) is 43.3 Å². The maximum absolute atomic E-state index is 12.5. The summed E-state index contributed by atoms with van der Waals surface area (Å²) in [7, 11) is 0. The number of fused-ring (bicyclic) bond motifs is 1. The van der Waals surface area contributed by atoms with Crippen molar-refractivity contribution >= 4 is 17.4 Å². The highest BCUT2D eigenvalue weighted by Gasteiger charge is 2.17. The van der Waals surface area contributed by atoms with Crippen LogP contribution in [-0.2, 0) is 11.2 Å². The maximum Gasteiger partial charge on any atom is 0.224 e. The Kier molecular flexibility index (Phi) is 3.11. The van der Waals surface area contributed by atoms with Gasteiger partial charge in [-0.1, -0.05) is 23.8 Å². The van der Waals surface area contributed by atoms with E-state index in [9.17, 15) is 9.59 Å². The Bertz CT molecular complexity index is 704. The molecule has 1 aliphatic rings. The average Bonchev–Trinajstić information content (AvgIpc) is 2.46. The third-order valence-corrected chi connectivity index (χ3v) is 3.54. The second-order valence-corrected chi connectivity index (χ2v) is 5.12. The minimum atomic E-state index is 0.0217. The summed E-state index contributed by atoms with van der Waals surface area (Å²) in [6.07, 6.45) is 1.17. The summed E-state index contributed by atoms with van der Waals surface area (Å²) in [5, 5.41) is 2.82. The predicted octanol–water partition coefficient (Wildman–Crippen LogP) is 3.11. The van der Waals surface area contributed by atoms with Crippen LogP contribution in [0.5, 0.6) is 0 Å². The smallest absolute Gasteiger partial charge is 0.224 e. The van der Waals surface area contributed by atoms with Gasteiger partial charge in [-0.2, -0.15) is 0 Å². The van der Waals surface area contributed by atoms with Gasteiger partial charge < -0.3 is 5.32 Å². The van der Waals surface area contributed by atoms with E-state index >= 15 is 0 Å². The van der Waals surface area contributed by atoms with Gasteiger partial charge in [0.1, 0.15) is 0 Å². The summed E-state index contributed by atoms with van der Waals surface area (Å²) in [6, 6.07) is 13.1. The molecule has 3 nitrogen and oxygen atoms in total. The lowest BCUT2D eigenvalue weighted by molar-refractivity contribution is -0.116. The number of hydrogen-bond donors (Lipinski definition) is 1. The lowest BCUT2D eigenvalue weighted by Gasteiger charge is -2.17. The van der Waals surface area contributed by atoms with Crippen molar-refractivity contribution in [1.82, 2.24) is 0 Å². The first-order valence-electron chi connectivity index (χ1n) is 6.67. The zero-order valence-electron chi connectivity index (χ0n) is 11.3. The number of carbonyl (C=O) groups is 2. The third-order valence-electron chi connectivity index (χ3n) is 3.54. The molecule has 0 spiro atoms. The van der Waals surface area contributed by atoms with Crippen molar-refractivity contribution in [3.05, 3.63) is 64.7 Å². The van der Waals surface area contributed by atoms with Crippen LogP contribution in [0.4, 0.5) is 5.69 Å². The van der Waals surface area contributed by atoms with E-state index in [0.29, 0.717) is 24.0 Å². The van der Waals surface area contributed by atoms with Crippen molar-refractivity contribution in [2.45, 2.75) is 19.8 Å². The first-order valence-corrected chi connectivity index (χ1v) is 6.67. The molecule has 20 heavy (non-hydrogen) atoms. The van der Waals surface area contributed by atoms with Crippen LogP contribution < -0.4 is 5.32 Å². The highest BCUT2D eigenvalue weighted by molar-refractivity contribution is 6.09. The summed E-state index contributed by atoms with van der Waals surface area (Å²) in [6.45, 7) is 1.97. The molecule has 0 fully saturated rings. The standard InChI is InChI=1S/C17H15NO2/c1-11-3-2-4-13(9-11)17(20)14-5-7-15-12(10-14)6-8-16(19)18-15/h2-5,7,9-10H,6,8H2,1H3,(H,18,19). The fourth-order valence-electron chi connectivity index (χ4n) is 2.48. The predicted molar refractivity (Wildman–Crippen MR) is 78.0 cm³/mol. The van der Waals surface area contributed by atoms with E-state index in [-0.39, 0.29) is 11.7 Å². The highest BCUT2D eigenvalue weighted by Crippen LogP contribution is 2.24. The summed E-state index contributed by atoms with van der Waals surface area (Å²) in [4.78, 5) is 23.8. The SMILES string of the molecule is Cc1cccc(C(=O)c2ccc3c(c2)CCC(=O)N3)c1. The van der Waals surface area contributed by atoms with Gasteiger partial charge in [0.25, 0.3) is 0 Å². The molecule has 100 valence electrons. The number of rotatable bonds is 2. The van der Waals surface area contributed by atoms with Crippen LogP contribution in [0.2, 0.25) is 0 Å². The number of anilines is 1. The van der Waals surface area contributed by atoms with Gasteiger partial charge in [-0.3, -0.25) is 9.59 Å². The number of carbonyl (C=O) groups excluding carboxylic acids is 2. The zero-order chi connectivity index (χ0) is 14.1. The van der Waals surface area contributed by atoms with Crippen LogP contribution in [0.25, 0.3) is 0 Å². The Balaban J connectivity index is 1.95. The average molecular weight is 265 g/mol. The third kappa shape index (κ3) is 2.35. The molecule has 1 amide bonds. The van der Waals surface area contributed by atoms with Gasteiger partial charge in [0.05, 0.1) is 0 Å². The number of amides is 1. The number of aryl methyl sites for hydroxylation is 2. The summed E-state index contributed by atoms with van der Waals surface area (Å²) >= 11 is 0. The fourth-order valence-corrected chi connectivity index (χ4v) is 2.48. The first kappa shape index (κ1) is 12.6. The Hall–Kier alpha value is -2.42. The van der Waals surface area contributed by atoms with Gasteiger partial charge in [0.15, 0.2) is 5.78 Å². The summed E-state index contributed by atoms with van der Waals surface area (Å²) in [5.74, 6) is 0.0589. The van der Waals surface area contributed by atoms with Crippen molar-refractivity contribution in [3.8, 4) is 0 Å². The Morgan fingerprint density at radius 3 is 2.65 bits per heavy atom. The first-order chi connectivity index (χ1) is 9.63. The molecule has 0 bridgehead atoms. The maximum atomic E-state index is 12.5. The molecule has 2 aromatic rings. The van der Waals surface area contributed by atoms with E-state index in [0.717, 1.165) is 16.8 Å². The Morgan fingerprint density at radius 2 is 1.85 bits per heavy atom. The molecular weight excluding hydrogens is 250 g/mol. The van der Waals surface area contributed by atoms with E-state index in [4.69, 9.17) is 0 Å². The summed E-state index contributed by atoms with van der Waals surface area (Å²) < 4.78 is 0. The van der Waals surface area contributed by atoms with Gasteiger partial charge in [-0.25, -0.2) is 0 Å². The molecule has 0 saturated heterocycles. The van der Waals surface area contributed by atoms with Gasteiger partial charge >= 0.3 is 0 Å². The molecule has 3 rings (SSSR count). The van der Waals surface area contributed by atoms with Crippen LogP contribution in [0, 0.1) is 6.92 Å². The van der Waals surface area contributed by atoms with Crippen LogP contribution in [0.3, 0.4) is 0 Å². The fraction of sp³-hybridized carbons (Fsp3) is 0.176. The molecule has 1 aliphatic heterocycles. The molecule has 3 heteroatoms. The Labute approximate surface area is 117 Å². The van der Waals surface area contributed by atoms with E-state index in [2.05, 4.69) is 5.32 Å². The van der Waals surface area contributed by atoms with E-state index < -0.39 is 0 Å². The quantitative estimate of drug-likeness (QED) is 0.848. The molecule has 1 heterocycles. The minimum absolute atomic E-state index is 0.0217. The van der Waals surface area contributed by atoms with Crippen LogP contribution in [0.1, 0.15) is 33.5 Å². The topological polar surface area (TPSA) is 46.2 Å². The summed E-state index contributed by atoms with van der Waals surface area (Å²) in [5.41, 5.74) is 4.29. The van der Waals surface area contributed by atoms with Crippen molar-refractivity contribution in [2.75, 3.05) is 5.32 Å². The minimum Gasteiger partial charge on any atom is -0.326 e. The molecule has 0 atom stereocenters. The van der Waals surface area contributed by atoms with Crippen LogP contribution in [-0.4, -0.2) is 11.7 Å². The molecular formula is C17H15NO2. The van der Waals surface area contributed by atoms with Gasteiger partial charge in [0, 0.05) is 23.2 Å². The largest absolute Gasteiger partial charge is 0.326 e. The molecule has 0 aliphatic carbocycles. The molecule has 2 aromatic carbocycles. The Morgan fingerprint density at radius 1 is 1.05 bits per heavy atom. The van der Waals surface area contributed by atoms with Crippen molar-refractivity contribution in [1.29, 1.82) is 0 Å². The molecule has 0 unspecified atom stereocenters. The van der Waals surface area contributed by atoms with Gasteiger partial charge in [0.2, 0.25) is 5.91 Å². The zero-order valence-corrected chi connectivity index (χ0v) is 11.3. The van der Waals surface area contributed by atoms with Gasteiger partial charge in [-0.15, -0.1) is 0 Å². The normalized spacial score (nSPS) is 13.6. The molecule has 1 N–H and O–H groups in total. The van der Waals surface area contributed by atoms with Crippen molar-refractivity contribution < 1.29 is 9.59 Å². The number of nitrogens with one attached hydrogen (secondary N) is 1. The van der Waals surface area contributed by atoms with Crippen molar-refractivity contribution in [2.24, 2.45) is 0 Å². The monoisotopic (exact) mass is 265 g/mol. The number of hydrogen-bond acceptors (Lipinski definition) is 2. The molecule has 0 radical (unpaired) electrons.